The Labute approximate surface area is 118 Å². The van der Waals surface area contributed by atoms with Gasteiger partial charge in [0.05, 0.1) is 0 Å². The minimum atomic E-state index is -1.00. The van der Waals surface area contributed by atoms with Crippen molar-refractivity contribution in [2.24, 2.45) is 0 Å². The number of ether oxygens (including phenoxy) is 1. The summed E-state index contributed by atoms with van der Waals surface area (Å²) in [7, 11) is 0. The number of carbonyl (C=O) groups excluding carboxylic acids is 1. The molecule has 5 nitrogen and oxygen atoms in total. The fraction of sp³-hybridized carbons (Fsp3) is 0.467. The van der Waals surface area contributed by atoms with Crippen molar-refractivity contribution in [3.05, 3.63) is 35.9 Å². The highest BCUT2D eigenvalue weighted by Crippen LogP contribution is 2.35. The molecule has 1 N–H and O–H groups in total. The second-order valence-corrected chi connectivity index (χ2v) is 5.93. The molecule has 1 aromatic carbocycles. The molecule has 1 aromatic rings. The van der Waals surface area contributed by atoms with Gasteiger partial charge in [-0.05, 0) is 26.3 Å². The molecule has 0 bridgehead atoms. The van der Waals surface area contributed by atoms with Gasteiger partial charge in [-0.25, -0.2) is 9.59 Å². The van der Waals surface area contributed by atoms with Crippen LogP contribution in [0.15, 0.2) is 30.3 Å². The topological polar surface area (TPSA) is 66.8 Å². The zero-order valence-electron chi connectivity index (χ0n) is 11.9. The monoisotopic (exact) mass is 277 g/mol. The van der Waals surface area contributed by atoms with Crippen molar-refractivity contribution in [3.63, 3.8) is 0 Å². The van der Waals surface area contributed by atoms with E-state index in [0.717, 1.165) is 5.56 Å². The van der Waals surface area contributed by atoms with Crippen LogP contribution in [0, 0.1) is 0 Å². The molecule has 20 heavy (non-hydrogen) atoms. The third kappa shape index (κ3) is 2.92. The number of carboxylic acids is 1. The van der Waals surface area contributed by atoms with Gasteiger partial charge in [0.15, 0.2) is 0 Å². The van der Waals surface area contributed by atoms with Crippen LogP contribution in [0.3, 0.4) is 0 Å². The van der Waals surface area contributed by atoms with Gasteiger partial charge in [0.25, 0.3) is 0 Å². The van der Waals surface area contributed by atoms with E-state index in [9.17, 15) is 14.7 Å². The Bertz CT molecular complexity index is 506. The van der Waals surface area contributed by atoms with Crippen molar-refractivity contribution in [1.82, 2.24) is 4.90 Å². The lowest BCUT2D eigenvalue weighted by Gasteiger charge is -2.45. The first-order chi connectivity index (χ1) is 9.29. The van der Waals surface area contributed by atoms with Gasteiger partial charge in [0, 0.05) is 12.5 Å². The fourth-order valence-corrected chi connectivity index (χ4v) is 2.31. The minimum Gasteiger partial charge on any atom is -0.480 e. The van der Waals surface area contributed by atoms with E-state index in [1.807, 2.05) is 30.3 Å². The van der Waals surface area contributed by atoms with Crippen LogP contribution >= 0.6 is 0 Å². The Morgan fingerprint density at radius 2 is 1.85 bits per heavy atom. The number of carboxylic acid groups (broad SMARTS) is 1. The second kappa shape index (κ2) is 5.15. The molecule has 1 heterocycles. The molecule has 5 heteroatoms. The largest absolute Gasteiger partial charge is 0.480 e. The maximum absolute atomic E-state index is 12.0. The van der Waals surface area contributed by atoms with Gasteiger partial charge in [-0.3, -0.25) is 4.90 Å². The number of nitrogens with zero attached hydrogens (tertiary/aromatic N) is 1. The molecule has 1 aliphatic rings. The van der Waals surface area contributed by atoms with Crippen molar-refractivity contribution in [1.29, 1.82) is 0 Å². The molecule has 2 rings (SSSR count). The molecule has 1 amide bonds. The quantitative estimate of drug-likeness (QED) is 0.901. The molecule has 1 aliphatic heterocycles. The van der Waals surface area contributed by atoms with Crippen LogP contribution in [0.2, 0.25) is 0 Å². The lowest BCUT2D eigenvalue weighted by atomic mass is 9.83. The minimum absolute atomic E-state index is 0.179. The number of aliphatic carboxylic acids is 1. The highest BCUT2D eigenvalue weighted by molar-refractivity contribution is 5.83. The summed E-state index contributed by atoms with van der Waals surface area (Å²) in [6.07, 6.45) is -0.572. The summed E-state index contributed by atoms with van der Waals surface area (Å²) >= 11 is 0. The van der Waals surface area contributed by atoms with Crippen molar-refractivity contribution in [2.75, 3.05) is 6.54 Å². The number of hydrogen-bond donors (Lipinski definition) is 1. The molecular weight excluding hydrogens is 258 g/mol. The van der Waals surface area contributed by atoms with E-state index in [-0.39, 0.29) is 5.92 Å². The zero-order chi connectivity index (χ0) is 14.9. The van der Waals surface area contributed by atoms with Crippen LogP contribution in [-0.2, 0) is 9.53 Å². The molecule has 1 saturated heterocycles. The molecule has 0 aliphatic carbocycles. The van der Waals surface area contributed by atoms with Gasteiger partial charge >= 0.3 is 12.1 Å². The van der Waals surface area contributed by atoms with E-state index in [4.69, 9.17) is 4.74 Å². The first-order valence-electron chi connectivity index (χ1n) is 6.57. The number of benzene rings is 1. The maximum atomic E-state index is 12.0. The van der Waals surface area contributed by atoms with Crippen LogP contribution in [-0.4, -0.2) is 40.3 Å². The maximum Gasteiger partial charge on any atom is 0.411 e. The SMILES string of the molecule is CC(C)(C)OC(=O)N1C[C@H](c2ccccc2)[C@H]1C(=O)O. The third-order valence-electron chi connectivity index (χ3n) is 3.22. The first kappa shape index (κ1) is 14.4. The first-order valence-corrected chi connectivity index (χ1v) is 6.57. The van der Waals surface area contributed by atoms with Crippen molar-refractivity contribution in [3.8, 4) is 0 Å². The Hall–Kier alpha value is -2.04. The van der Waals surface area contributed by atoms with Gasteiger partial charge in [-0.1, -0.05) is 30.3 Å². The average Bonchev–Trinajstić information content (AvgIpc) is 2.25. The lowest BCUT2D eigenvalue weighted by molar-refractivity contribution is -0.149. The number of hydrogen-bond acceptors (Lipinski definition) is 3. The molecule has 0 aromatic heterocycles. The van der Waals surface area contributed by atoms with E-state index in [2.05, 4.69) is 0 Å². The van der Waals surface area contributed by atoms with Crippen molar-refractivity contribution < 1.29 is 19.4 Å². The average molecular weight is 277 g/mol. The van der Waals surface area contributed by atoms with E-state index < -0.39 is 23.7 Å². The summed E-state index contributed by atoms with van der Waals surface area (Å²) in [6.45, 7) is 5.65. The Balaban J connectivity index is 2.12. The normalized spacial score (nSPS) is 22.1. The van der Waals surface area contributed by atoms with E-state index in [1.165, 1.54) is 4.90 Å². The molecule has 0 spiro atoms. The summed E-state index contributed by atoms with van der Waals surface area (Å²) in [5, 5.41) is 9.33. The molecule has 0 saturated carbocycles. The third-order valence-corrected chi connectivity index (χ3v) is 3.22. The predicted octanol–water partition coefficient (Wildman–Crippen LogP) is 2.47. The number of rotatable bonds is 2. The van der Waals surface area contributed by atoms with Gasteiger partial charge in [0.1, 0.15) is 11.6 Å². The highest BCUT2D eigenvalue weighted by atomic mass is 16.6. The van der Waals surface area contributed by atoms with Crippen LogP contribution < -0.4 is 0 Å². The number of amides is 1. The second-order valence-electron chi connectivity index (χ2n) is 5.93. The highest BCUT2D eigenvalue weighted by Gasteiger charge is 2.48. The summed E-state index contributed by atoms with van der Waals surface area (Å²) in [5.41, 5.74) is 0.303. The predicted molar refractivity (Wildman–Crippen MR) is 73.5 cm³/mol. The fourth-order valence-electron chi connectivity index (χ4n) is 2.31. The van der Waals surface area contributed by atoms with Gasteiger partial charge in [-0.2, -0.15) is 0 Å². The molecule has 1 fully saturated rings. The van der Waals surface area contributed by atoms with Crippen molar-refractivity contribution in [2.45, 2.75) is 38.3 Å². The van der Waals surface area contributed by atoms with Crippen LogP contribution in [0.1, 0.15) is 32.3 Å². The number of likely N-dealkylation sites (tertiary alicyclic amines) is 1. The van der Waals surface area contributed by atoms with Crippen LogP contribution in [0.5, 0.6) is 0 Å². The van der Waals surface area contributed by atoms with Gasteiger partial charge < -0.3 is 9.84 Å². The summed E-state index contributed by atoms with van der Waals surface area (Å²) in [6, 6.07) is 8.52. The lowest BCUT2D eigenvalue weighted by Crippen LogP contribution is -2.61. The molecule has 2 atom stereocenters. The summed E-state index contributed by atoms with van der Waals surface area (Å²) in [4.78, 5) is 24.6. The van der Waals surface area contributed by atoms with E-state index in [0.29, 0.717) is 6.54 Å². The van der Waals surface area contributed by atoms with E-state index >= 15 is 0 Å². The van der Waals surface area contributed by atoms with E-state index in [1.54, 1.807) is 20.8 Å². The van der Waals surface area contributed by atoms with Crippen LogP contribution in [0.4, 0.5) is 4.79 Å². The summed E-state index contributed by atoms with van der Waals surface area (Å²) in [5.74, 6) is -1.18. The standard InChI is InChI=1S/C15H19NO4/c1-15(2,3)20-14(19)16-9-11(12(16)13(17)18)10-7-5-4-6-8-10/h4-8,11-12H,9H2,1-3H3,(H,17,18)/t11-,12+/m1/s1. The Morgan fingerprint density at radius 3 is 2.35 bits per heavy atom. The van der Waals surface area contributed by atoms with Crippen LogP contribution in [0.25, 0.3) is 0 Å². The van der Waals surface area contributed by atoms with Crippen molar-refractivity contribution >= 4 is 12.1 Å². The van der Waals surface area contributed by atoms with Gasteiger partial charge in [-0.15, -0.1) is 0 Å². The zero-order valence-corrected chi connectivity index (χ0v) is 11.9. The Morgan fingerprint density at radius 1 is 1.25 bits per heavy atom. The molecule has 0 radical (unpaired) electrons. The molecule has 0 unspecified atom stereocenters. The number of carbonyl (C=O) groups is 2. The summed E-state index contributed by atoms with van der Waals surface area (Å²) < 4.78 is 5.23. The molecule has 108 valence electrons. The Kier molecular flexibility index (Phi) is 3.70. The van der Waals surface area contributed by atoms with Gasteiger partial charge in [0.2, 0.25) is 0 Å². The molecular formula is C15H19NO4. The smallest absolute Gasteiger partial charge is 0.411 e.